The predicted octanol–water partition coefficient (Wildman–Crippen LogP) is 5.01. The molecule has 0 amide bonds. The highest BCUT2D eigenvalue weighted by Crippen LogP contribution is 2.35. The van der Waals surface area contributed by atoms with Crippen molar-refractivity contribution in [3.63, 3.8) is 0 Å². The molecule has 114 valence electrons. The molecule has 1 heterocycles. The molecular formula is C12H8F6N2S. The van der Waals surface area contributed by atoms with Gasteiger partial charge in [-0.1, -0.05) is 0 Å². The zero-order valence-electron chi connectivity index (χ0n) is 10.5. The summed E-state index contributed by atoms with van der Waals surface area (Å²) in [5.41, 5.74) is -1.64. The largest absolute Gasteiger partial charge is 0.434 e. The molecule has 0 saturated carbocycles. The summed E-state index contributed by atoms with van der Waals surface area (Å²) < 4.78 is 75.9. The minimum absolute atomic E-state index is 0.00613. The van der Waals surface area contributed by atoms with Gasteiger partial charge in [0.15, 0.2) is 10.8 Å². The van der Waals surface area contributed by atoms with Gasteiger partial charge >= 0.3 is 6.18 Å². The van der Waals surface area contributed by atoms with E-state index in [1.165, 1.54) is 7.05 Å². The van der Waals surface area contributed by atoms with E-state index in [0.29, 0.717) is 17.4 Å². The molecule has 1 aromatic heterocycles. The highest BCUT2D eigenvalue weighted by molar-refractivity contribution is 7.13. The lowest BCUT2D eigenvalue weighted by Crippen LogP contribution is -2.11. The lowest BCUT2D eigenvalue weighted by Gasteiger charge is -2.17. The highest BCUT2D eigenvalue weighted by atomic mass is 32.1. The molecule has 0 aliphatic heterocycles. The first kappa shape index (κ1) is 15.6. The van der Waals surface area contributed by atoms with Gasteiger partial charge < -0.3 is 4.90 Å². The van der Waals surface area contributed by atoms with Crippen LogP contribution in [0.25, 0.3) is 0 Å². The molecule has 0 bridgehead atoms. The van der Waals surface area contributed by atoms with E-state index < -0.39 is 29.7 Å². The SMILES string of the molecule is CN(c1cc(F)cc(C(F)F)c1)c1nc(C(F)(F)F)cs1. The van der Waals surface area contributed by atoms with Crippen molar-refractivity contribution in [1.29, 1.82) is 0 Å². The highest BCUT2D eigenvalue weighted by Gasteiger charge is 2.34. The molecule has 2 nitrogen and oxygen atoms in total. The zero-order chi connectivity index (χ0) is 15.8. The maximum atomic E-state index is 13.3. The quantitative estimate of drug-likeness (QED) is 0.737. The average Bonchev–Trinajstić information content (AvgIpc) is 2.86. The van der Waals surface area contributed by atoms with Crippen molar-refractivity contribution in [1.82, 2.24) is 4.98 Å². The summed E-state index contributed by atoms with van der Waals surface area (Å²) in [6, 6.07) is 2.62. The normalized spacial score (nSPS) is 12.0. The van der Waals surface area contributed by atoms with E-state index in [1.807, 2.05) is 0 Å². The van der Waals surface area contributed by atoms with Crippen LogP contribution in [0.2, 0.25) is 0 Å². The van der Waals surface area contributed by atoms with Gasteiger partial charge in [-0.15, -0.1) is 11.3 Å². The summed E-state index contributed by atoms with van der Waals surface area (Å²) in [5, 5.41) is 0.729. The van der Waals surface area contributed by atoms with Crippen LogP contribution in [0.1, 0.15) is 17.7 Å². The van der Waals surface area contributed by atoms with Crippen LogP contribution in [-0.2, 0) is 6.18 Å². The Bertz CT molecular complexity index is 637. The third kappa shape index (κ3) is 3.46. The van der Waals surface area contributed by atoms with Gasteiger partial charge in [-0.05, 0) is 18.2 Å². The number of rotatable bonds is 3. The molecule has 0 aliphatic carbocycles. The van der Waals surface area contributed by atoms with E-state index in [2.05, 4.69) is 4.98 Å². The summed E-state index contributed by atoms with van der Waals surface area (Å²) >= 11 is 0.684. The Hall–Kier alpha value is -1.77. The van der Waals surface area contributed by atoms with Gasteiger partial charge in [0.05, 0.1) is 0 Å². The maximum Gasteiger partial charge on any atom is 0.434 e. The van der Waals surface area contributed by atoms with Crippen LogP contribution in [0.4, 0.5) is 37.2 Å². The standard InChI is InChI=1S/C12H8F6N2S/c1-20(11-19-9(5-21-11)12(16,17)18)8-3-6(10(14)15)2-7(13)4-8/h2-5,10H,1H3. The van der Waals surface area contributed by atoms with E-state index in [9.17, 15) is 26.3 Å². The first-order valence-corrected chi connectivity index (χ1v) is 6.41. The number of aromatic nitrogens is 1. The number of nitrogens with zero attached hydrogens (tertiary/aromatic N) is 2. The molecule has 0 unspecified atom stereocenters. The Balaban J connectivity index is 2.36. The van der Waals surface area contributed by atoms with Crippen molar-refractivity contribution >= 4 is 22.2 Å². The average molecular weight is 326 g/mol. The van der Waals surface area contributed by atoms with Crippen LogP contribution in [-0.4, -0.2) is 12.0 Å². The number of halogens is 6. The predicted molar refractivity (Wildman–Crippen MR) is 66.5 cm³/mol. The number of thiazole rings is 1. The summed E-state index contributed by atoms with van der Waals surface area (Å²) in [5.74, 6) is -0.901. The second kappa shape index (κ2) is 5.55. The van der Waals surface area contributed by atoms with Crippen LogP contribution in [0.5, 0.6) is 0 Å². The molecule has 2 aromatic rings. The van der Waals surface area contributed by atoms with Gasteiger partial charge in [0.25, 0.3) is 6.43 Å². The monoisotopic (exact) mass is 326 g/mol. The maximum absolute atomic E-state index is 13.3. The van der Waals surface area contributed by atoms with Crippen molar-refractivity contribution < 1.29 is 26.3 Å². The van der Waals surface area contributed by atoms with Gasteiger partial charge in [0.1, 0.15) is 5.82 Å². The fourth-order valence-electron chi connectivity index (χ4n) is 1.57. The fourth-order valence-corrected chi connectivity index (χ4v) is 2.39. The van der Waals surface area contributed by atoms with E-state index >= 15 is 0 Å². The van der Waals surface area contributed by atoms with Gasteiger partial charge in [0, 0.05) is 23.7 Å². The molecule has 0 aliphatic rings. The van der Waals surface area contributed by atoms with E-state index in [4.69, 9.17) is 0 Å². The molecule has 0 radical (unpaired) electrons. The smallest absolute Gasteiger partial charge is 0.321 e. The number of anilines is 2. The number of hydrogen-bond donors (Lipinski definition) is 0. The van der Waals surface area contributed by atoms with Crippen LogP contribution in [0, 0.1) is 5.82 Å². The van der Waals surface area contributed by atoms with Gasteiger partial charge in [-0.2, -0.15) is 13.2 Å². The number of benzene rings is 1. The lowest BCUT2D eigenvalue weighted by atomic mass is 10.2. The van der Waals surface area contributed by atoms with Gasteiger partial charge in [-0.25, -0.2) is 18.2 Å². The third-order valence-corrected chi connectivity index (χ3v) is 3.53. The number of hydrogen-bond acceptors (Lipinski definition) is 3. The third-order valence-electron chi connectivity index (χ3n) is 2.61. The Kier molecular flexibility index (Phi) is 4.13. The first-order valence-electron chi connectivity index (χ1n) is 5.53. The molecule has 1 aromatic carbocycles. The minimum Gasteiger partial charge on any atom is -0.321 e. The Labute approximate surface area is 119 Å². The Morgan fingerprint density at radius 1 is 1.19 bits per heavy atom. The molecule has 0 atom stereocenters. The van der Waals surface area contributed by atoms with E-state index in [-0.39, 0.29) is 10.8 Å². The zero-order valence-corrected chi connectivity index (χ0v) is 11.3. The van der Waals surface area contributed by atoms with Crippen molar-refractivity contribution in [2.75, 3.05) is 11.9 Å². The lowest BCUT2D eigenvalue weighted by molar-refractivity contribution is -0.140. The van der Waals surface area contributed by atoms with Crippen LogP contribution >= 0.6 is 11.3 Å². The molecule has 21 heavy (non-hydrogen) atoms. The first-order chi connectivity index (χ1) is 9.68. The molecule has 0 spiro atoms. The topological polar surface area (TPSA) is 16.1 Å². The fraction of sp³-hybridized carbons (Fsp3) is 0.250. The molecule has 0 fully saturated rings. The summed E-state index contributed by atoms with van der Waals surface area (Å²) in [6.45, 7) is 0. The van der Waals surface area contributed by atoms with Crippen molar-refractivity contribution in [3.05, 3.63) is 40.7 Å². The van der Waals surface area contributed by atoms with Gasteiger partial charge in [-0.3, -0.25) is 0 Å². The van der Waals surface area contributed by atoms with Crippen LogP contribution < -0.4 is 4.90 Å². The molecule has 0 saturated heterocycles. The second-order valence-electron chi connectivity index (χ2n) is 4.12. The van der Waals surface area contributed by atoms with Crippen LogP contribution in [0.15, 0.2) is 23.6 Å². The Morgan fingerprint density at radius 2 is 1.86 bits per heavy atom. The molecular weight excluding hydrogens is 318 g/mol. The van der Waals surface area contributed by atoms with Crippen LogP contribution in [0.3, 0.4) is 0 Å². The number of alkyl halides is 5. The molecule has 2 rings (SSSR count). The molecule has 9 heteroatoms. The van der Waals surface area contributed by atoms with Crippen molar-refractivity contribution in [2.24, 2.45) is 0 Å². The van der Waals surface area contributed by atoms with Crippen molar-refractivity contribution in [3.8, 4) is 0 Å². The summed E-state index contributed by atoms with van der Waals surface area (Å²) in [4.78, 5) is 4.49. The summed E-state index contributed by atoms with van der Waals surface area (Å²) in [6.07, 6.45) is -7.47. The minimum atomic E-state index is -4.59. The molecule has 0 N–H and O–H groups in total. The summed E-state index contributed by atoms with van der Waals surface area (Å²) in [7, 11) is 1.32. The Morgan fingerprint density at radius 3 is 2.38 bits per heavy atom. The van der Waals surface area contributed by atoms with Crippen molar-refractivity contribution in [2.45, 2.75) is 12.6 Å². The van der Waals surface area contributed by atoms with E-state index in [1.54, 1.807) is 0 Å². The van der Waals surface area contributed by atoms with E-state index in [0.717, 1.165) is 22.4 Å². The second-order valence-corrected chi connectivity index (χ2v) is 4.95. The van der Waals surface area contributed by atoms with Gasteiger partial charge in [0.2, 0.25) is 0 Å².